The van der Waals surface area contributed by atoms with Gasteiger partial charge in [0.05, 0.1) is 12.0 Å². The van der Waals surface area contributed by atoms with Gasteiger partial charge in [0, 0.05) is 6.54 Å². The molecular formula is C15H23NO3. The van der Waals surface area contributed by atoms with Crippen molar-refractivity contribution in [3.63, 3.8) is 0 Å². The first kappa shape index (κ1) is 15.7. The van der Waals surface area contributed by atoms with Gasteiger partial charge in [-0.15, -0.1) is 0 Å². The van der Waals surface area contributed by atoms with E-state index in [0.29, 0.717) is 26.1 Å². The van der Waals surface area contributed by atoms with E-state index in [1.54, 1.807) is 6.92 Å². The highest BCUT2D eigenvalue weighted by atomic mass is 16.5. The first-order chi connectivity index (χ1) is 9.09. The average Bonchev–Trinajstić information content (AvgIpc) is 2.41. The molecule has 106 valence electrons. The molecule has 0 fully saturated rings. The molecule has 0 bridgehead atoms. The number of carbonyl (C=O) groups excluding carboxylic acids is 1. The Morgan fingerprint density at radius 3 is 2.63 bits per heavy atom. The quantitative estimate of drug-likeness (QED) is 0.555. The van der Waals surface area contributed by atoms with E-state index in [1.165, 1.54) is 0 Å². The van der Waals surface area contributed by atoms with E-state index in [2.05, 4.69) is 5.32 Å². The molecule has 4 heteroatoms. The summed E-state index contributed by atoms with van der Waals surface area (Å²) in [5.41, 5.74) is 0.991. The predicted octanol–water partition coefficient (Wildman–Crippen LogP) is 1.73. The van der Waals surface area contributed by atoms with Gasteiger partial charge in [0.15, 0.2) is 0 Å². The van der Waals surface area contributed by atoms with Gasteiger partial charge in [-0.25, -0.2) is 0 Å². The predicted molar refractivity (Wildman–Crippen MR) is 74.6 cm³/mol. The molecule has 19 heavy (non-hydrogen) atoms. The number of esters is 1. The summed E-state index contributed by atoms with van der Waals surface area (Å²) < 4.78 is 5.24. The largest absolute Gasteiger partial charge is 0.461 e. The molecule has 1 aromatic rings. The molecule has 4 nitrogen and oxygen atoms in total. The lowest BCUT2D eigenvalue weighted by atomic mass is 10.2. The van der Waals surface area contributed by atoms with Crippen LogP contribution in [0.1, 0.15) is 25.8 Å². The molecule has 2 unspecified atom stereocenters. The first-order valence-electron chi connectivity index (χ1n) is 6.69. The van der Waals surface area contributed by atoms with Crippen molar-refractivity contribution in [3.05, 3.63) is 35.9 Å². The summed E-state index contributed by atoms with van der Waals surface area (Å²) in [4.78, 5) is 11.7. The van der Waals surface area contributed by atoms with E-state index >= 15 is 0 Å². The van der Waals surface area contributed by atoms with Gasteiger partial charge in [-0.05, 0) is 25.5 Å². The van der Waals surface area contributed by atoms with Crippen LogP contribution in [0.3, 0.4) is 0 Å². The summed E-state index contributed by atoms with van der Waals surface area (Å²) >= 11 is 0. The zero-order chi connectivity index (χ0) is 14.1. The van der Waals surface area contributed by atoms with Crippen LogP contribution in [0.15, 0.2) is 30.3 Å². The van der Waals surface area contributed by atoms with Crippen LogP contribution in [0.5, 0.6) is 0 Å². The van der Waals surface area contributed by atoms with E-state index < -0.39 is 0 Å². The highest BCUT2D eigenvalue weighted by Crippen LogP contribution is 2.04. The number of benzene rings is 1. The molecule has 0 saturated carbocycles. The van der Waals surface area contributed by atoms with Crippen molar-refractivity contribution in [3.8, 4) is 0 Å². The second kappa shape index (κ2) is 8.67. The molecule has 1 rings (SSSR count). The van der Waals surface area contributed by atoms with Crippen LogP contribution in [0.2, 0.25) is 0 Å². The monoisotopic (exact) mass is 265 g/mol. The Bertz CT molecular complexity index is 365. The molecule has 0 aliphatic carbocycles. The van der Waals surface area contributed by atoms with Gasteiger partial charge < -0.3 is 15.2 Å². The lowest BCUT2D eigenvalue weighted by Gasteiger charge is -2.13. The summed E-state index contributed by atoms with van der Waals surface area (Å²) in [5, 5.41) is 12.2. The second-order valence-corrected chi connectivity index (χ2v) is 4.84. The Hall–Kier alpha value is -1.39. The van der Waals surface area contributed by atoms with Gasteiger partial charge in [-0.1, -0.05) is 37.3 Å². The highest BCUT2D eigenvalue weighted by Gasteiger charge is 2.13. The smallest absolute Gasteiger partial charge is 0.310 e. The zero-order valence-corrected chi connectivity index (χ0v) is 11.6. The maximum absolute atomic E-state index is 11.7. The van der Waals surface area contributed by atoms with Crippen LogP contribution >= 0.6 is 0 Å². The minimum atomic E-state index is -0.312. The Morgan fingerprint density at radius 2 is 2.00 bits per heavy atom. The molecule has 1 aromatic carbocycles. The van der Waals surface area contributed by atoms with E-state index in [0.717, 1.165) is 5.56 Å². The van der Waals surface area contributed by atoms with Crippen molar-refractivity contribution >= 4 is 5.97 Å². The number of carbonyl (C=O) groups is 1. The van der Waals surface area contributed by atoms with Crippen molar-refractivity contribution in [1.29, 1.82) is 0 Å². The standard InChI is InChI=1S/C15H23NO3/c1-12(10-16-9-8-13(2)17)15(18)19-11-14-6-4-3-5-7-14/h3-7,12-13,16-17H,8-11H2,1-2H3. The van der Waals surface area contributed by atoms with Crippen molar-refractivity contribution in [2.24, 2.45) is 5.92 Å². The third kappa shape index (κ3) is 6.94. The summed E-state index contributed by atoms with van der Waals surface area (Å²) in [6.07, 6.45) is 0.374. The van der Waals surface area contributed by atoms with Crippen LogP contribution in [-0.4, -0.2) is 30.3 Å². The molecule has 0 radical (unpaired) electrons. The molecule has 0 spiro atoms. The molecule has 0 aliphatic rings. The maximum atomic E-state index is 11.7. The van der Waals surface area contributed by atoms with Gasteiger partial charge in [-0.3, -0.25) is 4.79 Å². The molecule has 2 atom stereocenters. The van der Waals surface area contributed by atoms with E-state index in [1.807, 2.05) is 37.3 Å². The van der Waals surface area contributed by atoms with Crippen LogP contribution in [0, 0.1) is 5.92 Å². The number of rotatable bonds is 8. The number of hydrogen-bond donors (Lipinski definition) is 2. The average molecular weight is 265 g/mol. The maximum Gasteiger partial charge on any atom is 0.310 e. The molecule has 2 N–H and O–H groups in total. The third-order valence-corrected chi connectivity index (χ3v) is 2.82. The van der Waals surface area contributed by atoms with Gasteiger partial charge in [0.2, 0.25) is 0 Å². The fraction of sp³-hybridized carbons (Fsp3) is 0.533. The van der Waals surface area contributed by atoms with Crippen molar-refractivity contribution in [2.45, 2.75) is 33.0 Å². The summed E-state index contributed by atoms with van der Waals surface area (Å²) in [6, 6.07) is 9.63. The number of nitrogens with one attached hydrogen (secondary N) is 1. The van der Waals surface area contributed by atoms with E-state index in [4.69, 9.17) is 9.84 Å². The second-order valence-electron chi connectivity index (χ2n) is 4.84. The van der Waals surface area contributed by atoms with Crippen LogP contribution < -0.4 is 5.32 Å². The first-order valence-corrected chi connectivity index (χ1v) is 6.69. The topological polar surface area (TPSA) is 58.6 Å². The minimum absolute atomic E-state index is 0.183. The van der Waals surface area contributed by atoms with Gasteiger partial charge >= 0.3 is 5.97 Å². The summed E-state index contributed by atoms with van der Waals surface area (Å²) in [7, 11) is 0. The Balaban J connectivity index is 2.18. The van der Waals surface area contributed by atoms with E-state index in [-0.39, 0.29) is 18.0 Å². The number of aliphatic hydroxyl groups is 1. The fourth-order valence-corrected chi connectivity index (χ4v) is 1.58. The number of hydrogen-bond acceptors (Lipinski definition) is 4. The summed E-state index contributed by atoms with van der Waals surface area (Å²) in [6.45, 7) is 5.17. The lowest BCUT2D eigenvalue weighted by Crippen LogP contribution is -2.29. The Kier molecular flexibility index (Phi) is 7.15. The normalized spacial score (nSPS) is 13.8. The van der Waals surface area contributed by atoms with Crippen molar-refractivity contribution < 1.29 is 14.6 Å². The van der Waals surface area contributed by atoms with Crippen LogP contribution in [0.25, 0.3) is 0 Å². The molecule has 0 amide bonds. The fourth-order valence-electron chi connectivity index (χ4n) is 1.58. The Labute approximate surface area is 114 Å². The lowest BCUT2D eigenvalue weighted by molar-refractivity contribution is -0.149. The van der Waals surface area contributed by atoms with Gasteiger partial charge in [-0.2, -0.15) is 0 Å². The van der Waals surface area contributed by atoms with Gasteiger partial charge in [0.1, 0.15) is 6.61 Å². The highest BCUT2D eigenvalue weighted by molar-refractivity contribution is 5.72. The Morgan fingerprint density at radius 1 is 1.32 bits per heavy atom. The third-order valence-electron chi connectivity index (χ3n) is 2.82. The van der Waals surface area contributed by atoms with Crippen molar-refractivity contribution in [1.82, 2.24) is 5.32 Å². The minimum Gasteiger partial charge on any atom is -0.461 e. The van der Waals surface area contributed by atoms with Gasteiger partial charge in [0.25, 0.3) is 0 Å². The molecule has 0 aromatic heterocycles. The number of ether oxygens (including phenoxy) is 1. The van der Waals surface area contributed by atoms with Crippen molar-refractivity contribution in [2.75, 3.05) is 13.1 Å². The molecule has 0 saturated heterocycles. The molecular weight excluding hydrogens is 242 g/mol. The van der Waals surface area contributed by atoms with Crippen LogP contribution in [-0.2, 0) is 16.1 Å². The molecule has 0 aliphatic heterocycles. The molecule has 0 heterocycles. The zero-order valence-electron chi connectivity index (χ0n) is 11.6. The SMILES string of the molecule is CC(O)CCNCC(C)C(=O)OCc1ccccc1. The summed E-state index contributed by atoms with van der Waals surface area (Å²) in [5.74, 6) is -0.383. The van der Waals surface area contributed by atoms with Crippen LogP contribution in [0.4, 0.5) is 0 Å². The van der Waals surface area contributed by atoms with E-state index in [9.17, 15) is 4.79 Å². The number of aliphatic hydroxyl groups excluding tert-OH is 1.